The van der Waals surface area contributed by atoms with Crippen molar-refractivity contribution >= 4 is 11.6 Å². The molecule has 20 heavy (non-hydrogen) atoms. The number of aromatic nitrogens is 2. The first-order chi connectivity index (χ1) is 9.61. The summed E-state index contributed by atoms with van der Waals surface area (Å²) < 4.78 is 7.95. The third-order valence-electron chi connectivity index (χ3n) is 4.98. The van der Waals surface area contributed by atoms with Crippen LogP contribution in [0.3, 0.4) is 0 Å². The number of rotatable bonds is 5. The Bertz CT molecular complexity index is 498. The van der Waals surface area contributed by atoms with Crippen molar-refractivity contribution in [1.29, 1.82) is 0 Å². The molecular formula is C15H24ClN3O. The molecule has 0 radical (unpaired) electrons. The van der Waals surface area contributed by atoms with Gasteiger partial charge in [0.25, 0.3) is 0 Å². The van der Waals surface area contributed by atoms with E-state index in [0.29, 0.717) is 18.6 Å². The highest BCUT2D eigenvalue weighted by Gasteiger charge is 2.50. The molecule has 112 valence electrons. The van der Waals surface area contributed by atoms with Crippen molar-refractivity contribution in [3.63, 3.8) is 0 Å². The topological polar surface area (TPSA) is 53.1 Å². The smallest absolute Gasteiger partial charge is 0.0849 e. The second-order valence-electron chi connectivity index (χ2n) is 6.31. The summed E-state index contributed by atoms with van der Waals surface area (Å²) in [6, 6.07) is 0. The molecule has 2 N–H and O–H groups in total. The molecule has 1 saturated carbocycles. The van der Waals surface area contributed by atoms with Crippen LogP contribution in [0.4, 0.5) is 0 Å². The standard InChI is InChI=1S/C15H24ClN3O/c1-3-11-13(16)12(19(2)18-11)8-15(9-17)6-7-20-14(15)10-4-5-10/h10,14H,3-9,17H2,1-2H3. The molecular weight excluding hydrogens is 274 g/mol. The minimum Gasteiger partial charge on any atom is -0.377 e. The predicted octanol–water partition coefficient (Wildman–Crippen LogP) is 2.32. The molecule has 1 saturated heterocycles. The Balaban J connectivity index is 1.89. The maximum absolute atomic E-state index is 6.51. The summed E-state index contributed by atoms with van der Waals surface area (Å²) in [7, 11) is 1.98. The van der Waals surface area contributed by atoms with Gasteiger partial charge in [-0.05, 0) is 31.6 Å². The van der Waals surface area contributed by atoms with E-state index < -0.39 is 0 Å². The van der Waals surface area contributed by atoms with E-state index in [0.717, 1.165) is 42.3 Å². The Kier molecular flexibility index (Phi) is 3.82. The summed E-state index contributed by atoms with van der Waals surface area (Å²) in [6.07, 6.45) is 5.66. The summed E-state index contributed by atoms with van der Waals surface area (Å²) in [6.45, 7) is 3.58. The third-order valence-corrected chi connectivity index (χ3v) is 5.42. The number of nitrogens with two attached hydrogens (primary N) is 1. The van der Waals surface area contributed by atoms with E-state index in [-0.39, 0.29) is 5.41 Å². The van der Waals surface area contributed by atoms with Crippen LogP contribution in [0.2, 0.25) is 5.02 Å². The molecule has 2 atom stereocenters. The summed E-state index contributed by atoms with van der Waals surface area (Å²) in [5, 5.41) is 5.35. The van der Waals surface area contributed by atoms with Crippen molar-refractivity contribution in [3.8, 4) is 0 Å². The van der Waals surface area contributed by atoms with Crippen molar-refractivity contribution in [2.75, 3.05) is 13.2 Å². The van der Waals surface area contributed by atoms with Gasteiger partial charge in [-0.15, -0.1) is 0 Å². The molecule has 1 aliphatic carbocycles. The lowest BCUT2D eigenvalue weighted by Crippen LogP contribution is -2.42. The second kappa shape index (κ2) is 5.32. The monoisotopic (exact) mass is 297 g/mol. The van der Waals surface area contributed by atoms with E-state index in [1.54, 1.807) is 0 Å². The van der Waals surface area contributed by atoms with Crippen LogP contribution in [-0.4, -0.2) is 29.0 Å². The first kappa shape index (κ1) is 14.4. The fraction of sp³-hybridized carbons (Fsp3) is 0.800. The second-order valence-corrected chi connectivity index (χ2v) is 6.68. The summed E-state index contributed by atoms with van der Waals surface area (Å²) in [4.78, 5) is 0. The zero-order chi connectivity index (χ0) is 14.3. The highest BCUT2D eigenvalue weighted by atomic mass is 35.5. The molecule has 2 unspecified atom stereocenters. The average Bonchev–Trinajstić information content (AvgIpc) is 3.16. The van der Waals surface area contributed by atoms with E-state index in [1.165, 1.54) is 12.8 Å². The maximum atomic E-state index is 6.51. The van der Waals surface area contributed by atoms with Crippen LogP contribution in [0.5, 0.6) is 0 Å². The van der Waals surface area contributed by atoms with Gasteiger partial charge in [-0.3, -0.25) is 4.68 Å². The number of hydrogen-bond donors (Lipinski definition) is 1. The summed E-state index contributed by atoms with van der Waals surface area (Å²) in [5.74, 6) is 0.707. The Hall–Kier alpha value is -0.580. The van der Waals surface area contributed by atoms with Gasteiger partial charge in [0.2, 0.25) is 0 Å². The first-order valence-electron chi connectivity index (χ1n) is 7.63. The quantitative estimate of drug-likeness (QED) is 0.907. The van der Waals surface area contributed by atoms with Crippen LogP contribution in [0.25, 0.3) is 0 Å². The molecule has 0 amide bonds. The van der Waals surface area contributed by atoms with Crippen molar-refractivity contribution < 1.29 is 4.74 Å². The van der Waals surface area contributed by atoms with Gasteiger partial charge in [0, 0.05) is 32.0 Å². The van der Waals surface area contributed by atoms with Gasteiger partial charge in [0.1, 0.15) is 0 Å². The lowest BCUT2D eigenvalue weighted by atomic mass is 9.75. The summed E-state index contributed by atoms with van der Waals surface area (Å²) >= 11 is 6.51. The normalized spacial score (nSPS) is 30.1. The lowest BCUT2D eigenvalue weighted by Gasteiger charge is -2.33. The number of ether oxygens (including phenoxy) is 1. The van der Waals surface area contributed by atoms with E-state index in [1.807, 2.05) is 11.7 Å². The van der Waals surface area contributed by atoms with Gasteiger partial charge in [0.05, 0.1) is 22.5 Å². The fourth-order valence-electron chi connectivity index (χ4n) is 3.57. The Labute approximate surface area is 125 Å². The fourth-order valence-corrected chi connectivity index (χ4v) is 3.93. The number of nitrogens with zero attached hydrogens (tertiary/aromatic N) is 2. The molecule has 0 aromatic carbocycles. The van der Waals surface area contributed by atoms with Gasteiger partial charge in [-0.1, -0.05) is 18.5 Å². The van der Waals surface area contributed by atoms with Gasteiger partial charge < -0.3 is 10.5 Å². The Morgan fingerprint density at radius 2 is 2.25 bits per heavy atom. The molecule has 1 aliphatic heterocycles. The molecule has 2 heterocycles. The van der Waals surface area contributed by atoms with Crippen LogP contribution >= 0.6 is 11.6 Å². The van der Waals surface area contributed by atoms with Crippen LogP contribution in [0.15, 0.2) is 0 Å². The van der Waals surface area contributed by atoms with Crippen LogP contribution in [-0.2, 0) is 24.6 Å². The van der Waals surface area contributed by atoms with E-state index in [9.17, 15) is 0 Å². The predicted molar refractivity (Wildman–Crippen MR) is 79.9 cm³/mol. The highest BCUT2D eigenvalue weighted by molar-refractivity contribution is 6.31. The first-order valence-corrected chi connectivity index (χ1v) is 8.01. The molecule has 3 rings (SSSR count). The van der Waals surface area contributed by atoms with Crippen molar-refractivity contribution in [2.45, 2.75) is 45.1 Å². The third kappa shape index (κ3) is 2.28. The zero-order valence-corrected chi connectivity index (χ0v) is 13.1. The van der Waals surface area contributed by atoms with Gasteiger partial charge in [0.15, 0.2) is 0 Å². The number of hydrogen-bond acceptors (Lipinski definition) is 3. The highest BCUT2D eigenvalue weighted by Crippen LogP contribution is 2.49. The summed E-state index contributed by atoms with van der Waals surface area (Å²) in [5.41, 5.74) is 8.30. The van der Waals surface area contributed by atoms with Gasteiger partial charge >= 0.3 is 0 Å². The van der Waals surface area contributed by atoms with Gasteiger partial charge in [-0.2, -0.15) is 5.10 Å². The number of halogens is 1. The van der Waals surface area contributed by atoms with E-state index in [2.05, 4.69) is 12.0 Å². The zero-order valence-electron chi connectivity index (χ0n) is 12.4. The van der Waals surface area contributed by atoms with Crippen molar-refractivity contribution in [1.82, 2.24) is 9.78 Å². The maximum Gasteiger partial charge on any atom is 0.0849 e. The average molecular weight is 298 g/mol. The largest absolute Gasteiger partial charge is 0.377 e. The molecule has 4 nitrogen and oxygen atoms in total. The number of aryl methyl sites for hydroxylation is 2. The molecule has 1 aromatic heterocycles. The lowest BCUT2D eigenvalue weighted by molar-refractivity contribution is 0.0337. The minimum absolute atomic E-state index is 0.0452. The molecule has 0 spiro atoms. The van der Waals surface area contributed by atoms with Crippen molar-refractivity contribution in [2.24, 2.45) is 24.1 Å². The molecule has 5 heteroatoms. The van der Waals surface area contributed by atoms with Gasteiger partial charge in [-0.25, -0.2) is 0 Å². The van der Waals surface area contributed by atoms with E-state index >= 15 is 0 Å². The van der Waals surface area contributed by atoms with Crippen LogP contribution < -0.4 is 5.73 Å². The van der Waals surface area contributed by atoms with Crippen LogP contribution in [0, 0.1) is 11.3 Å². The molecule has 1 aromatic rings. The van der Waals surface area contributed by atoms with Crippen LogP contribution in [0.1, 0.15) is 37.6 Å². The Morgan fingerprint density at radius 3 is 2.80 bits per heavy atom. The molecule has 2 fully saturated rings. The molecule has 2 aliphatic rings. The SMILES string of the molecule is CCc1nn(C)c(CC2(CN)CCOC2C2CC2)c1Cl. The molecule has 0 bridgehead atoms. The minimum atomic E-state index is 0.0452. The van der Waals surface area contributed by atoms with Crippen molar-refractivity contribution in [3.05, 3.63) is 16.4 Å². The van der Waals surface area contributed by atoms with E-state index in [4.69, 9.17) is 22.1 Å². The Morgan fingerprint density at radius 1 is 1.50 bits per heavy atom.